The maximum atomic E-state index is 13.0. The Kier molecular flexibility index (Phi) is 5.21. The minimum Gasteiger partial charge on any atom is -0.207 e. The zero-order valence-electron chi connectivity index (χ0n) is 14.5. The molecule has 0 aliphatic carbocycles. The third kappa shape index (κ3) is 3.91. The maximum Gasteiger partial charge on any atom is 0.243 e. The van der Waals surface area contributed by atoms with Gasteiger partial charge in [0.25, 0.3) is 0 Å². The van der Waals surface area contributed by atoms with Crippen LogP contribution in [0.5, 0.6) is 0 Å². The molecule has 1 aliphatic rings. The Labute approximate surface area is 150 Å². The Hall–Kier alpha value is -2.17. The van der Waals surface area contributed by atoms with Crippen LogP contribution < -0.4 is 0 Å². The Balaban J connectivity index is 1.84. The zero-order chi connectivity index (χ0) is 17.9. The second kappa shape index (κ2) is 7.38. The van der Waals surface area contributed by atoms with Gasteiger partial charge in [0.2, 0.25) is 10.0 Å². The highest BCUT2D eigenvalue weighted by molar-refractivity contribution is 7.89. The molecule has 0 saturated heterocycles. The summed E-state index contributed by atoms with van der Waals surface area (Å²) in [4.78, 5) is 0.358. The van der Waals surface area contributed by atoms with Crippen LogP contribution >= 0.6 is 0 Å². The molecule has 2 aromatic carbocycles. The number of rotatable bonds is 6. The summed E-state index contributed by atoms with van der Waals surface area (Å²) in [5.74, 6) is 0. The van der Waals surface area contributed by atoms with Crippen molar-refractivity contribution in [3.63, 3.8) is 0 Å². The molecule has 25 heavy (non-hydrogen) atoms. The molecule has 1 heterocycles. The summed E-state index contributed by atoms with van der Waals surface area (Å²) >= 11 is 0. The van der Waals surface area contributed by atoms with E-state index in [0.29, 0.717) is 18.0 Å². The molecule has 0 atom stereocenters. The Morgan fingerprint density at radius 1 is 1.00 bits per heavy atom. The summed E-state index contributed by atoms with van der Waals surface area (Å²) in [5, 5.41) is 0. The molecule has 0 saturated carbocycles. The molecule has 0 amide bonds. The lowest BCUT2D eigenvalue weighted by Crippen LogP contribution is -2.29. The Bertz CT molecular complexity index is 881. The lowest BCUT2D eigenvalue weighted by molar-refractivity contribution is 0.479. The summed E-state index contributed by atoms with van der Waals surface area (Å²) in [5.41, 5.74) is 4.60. The molecule has 0 unspecified atom stereocenters. The molecule has 4 heteroatoms. The largest absolute Gasteiger partial charge is 0.243 e. The van der Waals surface area contributed by atoms with Gasteiger partial charge in [-0.1, -0.05) is 59.7 Å². The lowest BCUT2D eigenvalue weighted by Gasteiger charge is -2.17. The highest BCUT2D eigenvalue weighted by atomic mass is 32.2. The molecule has 0 N–H and O–H groups in total. The molecule has 0 radical (unpaired) electrons. The van der Waals surface area contributed by atoms with Crippen molar-refractivity contribution in [3.05, 3.63) is 89.5 Å². The van der Waals surface area contributed by atoms with E-state index in [2.05, 4.69) is 18.7 Å². The van der Waals surface area contributed by atoms with Crippen molar-refractivity contribution < 1.29 is 8.42 Å². The standard InChI is InChI=1S/C21H23NO2S/c1-3-7-19-15-22(16-20(19)14-18-8-5-4-6-9-18)25(23,24)21-12-10-17(2)11-13-21/h3-6,8-13H,1,7,14-16H2,2H3. The molecular formula is C21H23NO2S. The molecule has 0 aromatic heterocycles. The summed E-state index contributed by atoms with van der Waals surface area (Å²) < 4.78 is 27.5. The molecule has 0 spiro atoms. The third-order valence-electron chi connectivity index (χ3n) is 4.54. The zero-order valence-corrected chi connectivity index (χ0v) is 15.3. The van der Waals surface area contributed by atoms with Gasteiger partial charge in [0.15, 0.2) is 0 Å². The number of benzene rings is 2. The number of nitrogens with zero attached hydrogens (tertiary/aromatic N) is 1. The summed E-state index contributed by atoms with van der Waals surface area (Å²) in [6.07, 6.45) is 3.36. The van der Waals surface area contributed by atoms with Crippen molar-refractivity contribution in [2.45, 2.75) is 24.7 Å². The smallest absolute Gasteiger partial charge is 0.207 e. The fourth-order valence-corrected chi connectivity index (χ4v) is 4.57. The van der Waals surface area contributed by atoms with Crippen LogP contribution in [0.4, 0.5) is 0 Å². The van der Waals surface area contributed by atoms with E-state index in [4.69, 9.17) is 0 Å². The third-order valence-corrected chi connectivity index (χ3v) is 6.35. The first-order valence-corrected chi connectivity index (χ1v) is 9.86. The van der Waals surface area contributed by atoms with Crippen molar-refractivity contribution in [3.8, 4) is 0 Å². The van der Waals surface area contributed by atoms with Crippen molar-refractivity contribution in [1.82, 2.24) is 4.31 Å². The fourth-order valence-electron chi connectivity index (χ4n) is 3.14. The first kappa shape index (κ1) is 17.6. The quantitative estimate of drug-likeness (QED) is 0.733. The molecule has 0 fully saturated rings. The second-order valence-electron chi connectivity index (χ2n) is 6.45. The van der Waals surface area contributed by atoms with Crippen LogP contribution in [0.3, 0.4) is 0 Å². The second-order valence-corrected chi connectivity index (χ2v) is 8.39. The van der Waals surface area contributed by atoms with E-state index in [0.717, 1.165) is 24.0 Å². The first-order valence-electron chi connectivity index (χ1n) is 8.42. The fraction of sp³-hybridized carbons (Fsp3) is 0.238. The molecule has 3 rings (SSSR count). The van der Waals surface area contributed by atoms with Gasteiger partial charge < -0.3 is 0 Å². The molecule has 3 nitrogen and oxygen atoms in total. The lowest BCUT2D eigenvalue weighted by atomic mass is 10.0. The van der Waals surface area contributed by atoms with Gasteiger partial charge >= 0.3 is 0 Å². The van der Waals surface area contributed by atoms with Crippen LogP contribution in [0.15, 0.2) is 83.3 Å². The summed E-state index contributed by atoms with van der Waals surface area (Å²) in [6.45, 7) is 6.67. The van der Waals surface area contributed by atoms with E-state index in [-0.39, 0.29) is 0 Å². The van der Waals surface area contributed by atoms with Gasteiger partial charge in [0, 0.05) is 13.1 Å². The minimum absolute atomic E-state index is 0.358. The predicted molar refractivity (Wildman–Crippen MR) is 102 cm³/mol. The van der Waals surface area contributed by atoms with Gasteiger partial charge in [-0.25, -0.2) is 8.42 Å². The number of allylic oxidation sites excluding steroid dienone is 1. The molecular weight excluding hydrogens is 330 g/mol. The van der Waals surface area contributed by atoms with Crippen LogP contribution in [0.25, 0.3) is 0 Å². The van der Waals surface area contributed by atoms with E-state index >= 15 is 0 Å². The van der Waals surface area contributed by atoms with Crippen molar-refractivity contribution in [1.29, 1.82) is 0 Å². The summed E-state index contributed by atoms with van der Waals surface area (Å²) in [6, 6.07) is 17.2. The molecule has 1 aliphatic heterocycles. The average Bonchev–Trinajstić information content (AvgIpc) is 3.00. The van der Waals surface area contributed by atoms with Crippen LogP contribution in [0.1, 0.15) is 17.5 Å². The number of aryl methyl sites for hydroxylation is 1. The van der Waals surface area contributed by atoms with Crippen LogP contribution in [-0.4, -0.2) is 25.8 Å². The van der Waals surface area contributed by atoms with E-state index in [1.807, 2.05) is 43.3 Å². The topological polar surface area (TPSA) is 37.4 Å². The average molecular weight is 353 g/mol. The van der Waals surface area contributed by atoms with E-state index in [9.17, 15) is 8.42 Å². The van der Waals surface area contributed by atoms with Crippen molar-refractivity contribution >= 4 is 10.0 Å². The highest BCUT2D eigenvalue weighted by Crippen LogP contribution is 2.29. The van der Waals surface area contributed by atoms with Crippen LogP contribution in [0.2, 0.25) is 0 Å². The number of hydrogen-bond donors (Lipinski definition) is 0. The van der Waals surface area contributed by atoms with Crippen LogP contribution in [-0.2, 0) is 16.4 Å². The SMILES string of the molecule is C=CCC1=C(Cc2ccccc2)CN(S(=O)(=O)c2ccc(C)cc2)C1. The van der Waals surface area contributed by atoms with Crippen molar-refractivity contribution in [2.75, 3.05) is 13.1 Å². The van der Waals surface area contributed by atoms with Gasteiger partial charge in [-0.3, -0.25) is 0 Å². The molecule has 2 aromatic rings. The van der Waals surface area contributed by atoms with E-state index in [1.165, 1.54) is 11.1 Å². The van der Waals surface area contributed by atoms with Crippen LogP contribution in [0, 0.1) is 6.92 Å². The minimum atomic E-state index is -3.47. The summed E-state index contributed by atoms with van der Waals surface area (Å²) in [7, 11) is -3.47. The normalized spacial score (nSPS) is 15.6. The van der Waals surface area contributed by atoms with Crippen molar-refractivity contribution in [2.24, 2.45) is 0 Å². The Morgan fingerprint density at radius 2 is 1.64 bits per heavy atom. The van der Waals surface area contributed by atoms with Gasteiger partial charge in [-0.05, 0) is 43.0 Å². The van der Waals surface area contributed by atoms with Gasteiger partial charge in [-0.2, -0.15) is 4.31 Å². The van der Waals surface area contributed by atoms with Gasteiger partial charge in [-0.15, -0.1) is 6.58 Å². The molecule has 0 bridgehead atoms. The number of hydrogen-bond acceptors (Lipinski definition) is 2. The monoisotopic (exact) mass is 353 g/mol. The van der Waals surface area contributed by atoms with Gasteiger partial charge in [0.05, 0.1) is 4.90 Å². The Morgan fingerprint density at radius 3 is 2.28 bits per heavy atom. The number of sulfonamides is 1. The van der Waals surface area contributed by atoms with Gasteiger partial charge in [0.1, 0.15) is 0 Å². The first-order chi connectivity index (χ1) is 12.0. The highest BCUT2D eigenvalue weighted by Gasteiger charge is 2.31. The molecule has 130 valence electrons. The van der Waals surface area contributed by atoms with E-state index < -0.39 is 10.0 Å². The van der Waals surface area contributed by atoms with E-state index in [1.54, 1.807) is 16.4 Å². The predicted octanol–water partition coefficient (Wildman–Crippen LogP) is 4.11. The maximum absolute atomic E-state index is 13.0.